The van der Waals surface area contributed by atoms with Crippen molar-refractivity contribution in [1.82, 2.24) is 10.0 Å². The Morgan fingerprint density at radius 1 is 1.08 bits per heavy atom. The average molecular weight is 370 g/mol. The third-order valence-electron chi connectivity index (χ3n) is 4.36. The van der Waals surface area contributed by atoms with Crippen LogP contribution in [0.4, 0.5) is 0 Å². The highest BCUT2D eigenvalue weighted by Crippen LogP contribution is 2.30. The fraction of sp³-hybridized carbons (Fsp3) is 0.250. The maximum absolute atomic E-state index is 12.1. The van der Waals surface area contributed by atoms with Crippen LogP contribution in [-0.4, -0.2) is 20.9 Å². The smallest absolute Gasteiger partial charge is 0.233 e. The molecule has 0 aliphatic heterocycles. The van der Waals surface area contributed by atoms with E-state index in [0.29, 0.717) is 0 Å². The topological polar surface area (TPSA) is 75.3 Å². The summed E-state index contributed by atoms with van der Waals surface area (Å²) in [6.45, 7) is 0.0711. The molecule has 2 aromatic rings. The minimum absolute atomic E-state index is 0.0216. The number of sulfonamides is 1. The Morgan fingerprint density at radius 2 is 1.81 bits per heavy atom. The van der Waals surface area contributed by atoms with Crippen molar-refractivity contribution >= 4 is 22.0 Å². The summed E-state index contributed by atoms with van der Waals surface area (Å²) in [5, 5.41) is 4.11. The molecule has 0 heterocycles. The minimum Gasteiger partial charge on any atom is -0.349 e. The highest BCUT2D eigenvalue weighted by molar-refractivity contribution is 7.92. The molecule has 26 heavy (non-hydrogen) atoms. The van der Waals surface area contributed by atoms with Gasteiger partial charge in [-0.05, 0) is 35.6 Å². The lowest BCUT2D eigenvalue weighted by Gasteiger charge is -2.14. The number of amides is 1. The van der Waals surface area contributed by atoms with E-state index in [1.165, 1.54) is 11.6 Å². The molecule has 0 saturated carbocycles. The number of carbonyl (C=O) groups excluding carboxylic acids is 1. The lowest BCUT2D eigenvalue weighted by molar-refractivity contribution is -0.121. The first-order valence-electron chi connectivity index (χ1n) is 8.63. The van der Waals surface area contributed by atoms with E-state index in [1.807, 2.05) is 48.5 Å². The van der Waals surface area contributed by atoms with Crippen molar-refractivity contribution in [2.45, 2.75) is 25.3 Å². The van der Waals surface area contributed by atoms with Gasteiger partial charge in [-0.1, -0.05) is 54.6 Å². The van der Waals surface area contributed by atoms with Crippen molar-refractivity contribution in [3.8, 4) is 0 Å². The SMILES string of the molecule is O=C(CCNS(=O)(=O)/C=C/c1ccccc1)NC1CCc2ccccc21. The second-order valence-corrected chi connectivity index (χ2v) is 7.91. The second kappa shape index (κ2) is 8.29. The lowest BCUT2D eigenvalue weighted by Crippen LogP contribution is -2.31. The van der Waals surface area contributed by atoms with Gasteiger partial charge < -0.3 is 5.32 Å². The monoisotopic (exact) mass is 370 g/mol. The molecule has 1 amide bonds. The van der Waals surface area contributed by atoms with Crippen LogP contribution in [0.5, 0.6) is 0 Å². The van der Waals surface area contributed by atoms with E-state index >= 15 is 0 Å². The number of carbonyl (C=O) groups is 1. The summed E-state index contributed by atoms with van der Waals surface area (Å²) in [7, 11) is -3.56. The predicted molar refractivity (Wildman–Crippen MR) is 103 cm³/mol. The average Bonchev–Trinajstić information content (AvgIpc) is 3.04. The summed E-state index contributed by atoms with van der Waals surface area (Å²) in [5.41, 5.74) is 3.23. The van der Waals surface area contributed by atoms with Crippen LogP contribution < -0.4 is 10.0 Å². The normalized spacial score (nSPS) is 16.5. The molecule has 1 unspecified atom stereocenters. The number of fused-ring (bicyclic) bond motifs is 1. The van der Waals surface area contributed by atoms with Crippen LogP contribution in [0.25, 0.3) is 6.08 Å². The lowest BCUT2D eigenvalue weighted by atomic mass is 10.1. The first kappa shape index (κ1) is 18.4. The number of hydrogen-bond acceptors (Lipinski definition) is 3. The van der Waals surface area contributed by atoms with E-state index < -0.39 is 10.0 Å². The molecular formula is C20H22N2O3S. The number of hydrogen-bond donors (Lipinski definition) is 2. The van der Waals surface area contributed by atoms with Gasteiger partial charge in [0.2, 0.25) is 15.9 Å². The highest BCUT2D eigenvalue weighted by Gasteiger charge is 2.23. The summed E-state index contributed by atoms with van der Waals surface area (Å²) in [6, 6.07) is 17.3. The van der Waals surface area contributed by atoms with Crippen molar-refractivity contribution in [3.63, 3.8) is 0 Å². The molecule has 0 saturated heterocycles. The Morgan fingerprint density at radius 3 is 2.62 bits per heavy atom. The van der Waals surface area contributed by atoms with Gasteiger partial charge in [-0.2, -0.15) is 0 Å². The van der Waals surface area contributed by atoms with Crippen molar-refractivity contribution in [1.29, 1.82) is 0 Å². The van der Waals surface area contributed by atoms with Crippen molar-refractivity contribution in [2.24, 2.45) is 0 Å². The Balaban J connectivity index is 1.46. The molecule has 0 radical (unpaired) electrons. The van der Waals surface area contributed by atoms with E-state index in [-0.39, 0.29) is 24.9 Å². The van der Waals surface area contributed by atoms with Gasteiger partial charge >= 0.3 is 0 Å². The van der Waals surface area contributed by atoms with Gasteiger partial charge in [0.25, 0.3) is 0 Å². The van der Waals surface area contributed by atoms with E-state index in [0.717, 1.165) is 29.4 Å². The molecule has 1 atom stereocenters. The van der Waals surface area contributed by atoms with Crippen molar-refractivity contribution in [3.05, 3.63) is 76.7 Å². The van der Waals surface area contributed by atoms with E-state index in [4.69, 9.17) is 0 Å². The summed E-state index contributed by atoms with van der Waals surface area (Å²) in [5.74, 6) is -0.151. The number of benzene rings is 2. The summed E-state index contributed by atoms with van der Waals surface area (Å²) < 4.78 is 26.4. The molecule has 0 fully saturated rings. The largest absolute Gasteiger partial charge is 0.349 e. The van der Waals surface area contributed by atoms with Gasteiger partial charge in [-0.3, -0.25) is 4.79 Å². The molecule has 0 spiro atoms. The van der Waals surface area contributed by atoms with Gasteiger partial charge in [0.1, 0.15) is 0 Å². The molecule has 0 aromatic heterocycles. The Hall–Kier alpha value is -2.44. The van der Waals surface area contributed by atoms with Crippen molar-refractivity contribution < 1.29 is 13.2 Å². The predicted octanol–water partition coefficient (Wildman–Crippen LogP) is 2.77. The highest BCUT2D eigenvalue weighted by atomic mass is 32.2. The maximum atomic E-state index is 12.1. The zero-order valence-corrected chi connectivity index (χ0v) is 15.2. The molecule has 2 aromatic carbocycles. The number of rotatable bonds is 7. The van der Waals surface area contributed by atoms with Crippen LogP contribution in [0.3, 0.4) is 0 Å². The molecule has 3 rings (SSSR count). The van der Waals surface area contributed by atoms with Gasteiger partial charge in [-0.15, -0.1) is 0 Å². The fourth-order valence-electron chi connectivity index (χ4n) is 3.06. The van der Waals surface area contributed by atoms with Gasteiger partial charge in [0.05, 0.1) is 6.04 Å². The van der Waals surface area contributed by atoms with E-state index in [9.17, 15) is 13.2 Å². The summed E-state index contributed by atoms with van der Waals surface area (Å²) in [6.07, 6.45) is 3.48. The van der Waals surface area contributed by atoms with Crippen LogP contribution in [0, 0.1) is 0 Å². The first-order chi connectivity index (χ1) is 12.5. The molecule has 1 aliphatic carbocycles. The zero-order chi connectivity index (χ0) is 18.4. The van der Waals surface area contributed by atoms with Crippen LogP contribution in [0.1, 0.15) is 35.6 Å². The second-order valence-electron chi connectivity index (χ2n) is 6.26. The molecular weight excluding hydrogens is 348 g/mol. The van der Waals surface area contributed by atoms with Crippen molar-refractivity contribution in [2.75, 3.05) is 6.54 Å². The van der Waals surface area contributed by atoms with E-state index in [1.54, 1.807) is 0 Å². The summed E-state index contributed by atoms with van der Waals surface area (Å²) >= 11 is 0. The van der Waals surface area contributed by atoms with Gasteiger partial charge in [-0.25, -0.2) is 13.1 Å². The molecule has 5 nitrogen and oxygen atoms in total. The minimum atomic E-state index is -3.56. The van der Waals surface area contributed by atoms with Crippen LogP contribution in [0.2, 0.25) is 0 Å². The standard InChI is InChI=1S/C20H22N2O3S/c23-20(22-19-11-10-17-8-4-5-9-18(17)19)12-14-21-26(24,25)15-13-16-6-2-1-3-7-16/h1-9,13,15,19,21H,10-12,14H2,(H,22,23)/b15-13+. The Kier molecular flexibility index (Phi) is 5.85. The Bertz CT molecular complexity index is 892. The van der Waals surface area contributed by atoms with Crippen LogP contribution in [0.15, 0.2) is 60.0 Å². The van der Waals surface area contributed by atoms with Gasteiger partial charge in [0.15, 0.2) is 0 Å². The summed E-state index contributed by atoms with van der Waals surface area (Å²) in [4.78, 5) is 12.1. The fourth-order valence-corrected chi connectivity index (χ4v) is 3.88. The Labute approximate surface area is 154 Å². The quantitative estimate of drug-likeness (QED) is 0.787. The molecule has 136 valence electrons. The maximum Gasteiger partial charge on any atom is 0.233 e. The third-order valence-corrected chi connectivity index (χ3v) is 5.46. The molecule has 1 aliphatic rings. The van der Waals surface area contributed by atoms with Crippen LogP contribution >= 0.6 is 0 Å². The van der Waals surface area contributed by atoms with Gasteiger partial charge in [0, 0.05) is 18.4 Å². The zero-order valence-electron chi connectivity index (χ0n) is 14.4. The van der Waals surface area contributed by atoms with E-state index in [2.05, 4.69) is 16.1 Å². The molecule has 2 N–H and O–H groups in total. The first-order valence-corrected chi connectivity index (χ1v) is 10.2. The molecule has 0 bridgehead atoms. The molecule has 6 heteroatoms. The number of aryl methyl sites for hydroxylation is 1. The third kappa shape index (κ3) is 5.03. The number of nitrogens with one attached hydrogen (secondary N) is 2. The van der Waals surface area contributed by atoms with Crippen LogP contribution in [-0.2, 0) is 21.2 Å².